The zero-order valence-corrected chi connectivity index (χ0v) is 13.7. The van der Waals surface area contributed by atoms with E-state index in [0.717, 1.165) is 5.56 Å². The summed E-state index contributed by atoms with van der Waals surface area (Å²) in [5, 5.41) is 1.74. The summed E-state index contributed by atoms with van der Waals surface area (Å²) in [7, 11) is -2.28. The summed E-state index contributed by atoms with van der Waals surface area (Å²) in [5.74, 6) is 0. The molecule has 0 saturated carbocycles. The van der Waals surface area contributed by atoms with Crippen molar-refractivity contribution in [2.24, 2.45) is 0 Å². The SMILES string of the molecule is Cc1ccc(N(C)S(=O)(=O)c2c(Cl)nc3sccn23)cc1. The number of aryl methyl sites for hydroxylation is 1. The standard InChI is InChI=1S/C13H12ClN3O2S2/c1-9-3-5-10(6-4-9)16(2)21(18,19)12-11(14)15-13-17(12)7-8-20-13/h3-8H,1-2H3. The van der Waals surface area contributed by atoms with Crippen LogP contribution in [0.3, 0.4) is 0 Å². The Bertz CT molecular complexity index is 897. The second-order valence-electron chi connectivity index (χ2n) is 4.57. The van der Waals surface area contributed by atoms with E-state index < -0.39 is 10.0 Å². The van der Waals surface area contributed by atoms with Crippen LogP contribution in [0.15, 0.2) is 40.9 Å². The van der Waals surface area contributed by atoms with Gasteiger partial charge in [0.25, 0.3) is 10.0 Å². The van der Waals surface area contributed by atoms with Crippen molar-refractivity contribution in [1.82, 2.24) is 9.38 Å². The first-order chi connectivity index (χ1) is 9.91. The van der Waals surface area contributed by atoms with Crippen LogP contribution in [0.4, 0.5) is 5.69 Å². The van der Waals surface area contributed by atoms with Gasteiger partial charge in [0.1, 0.15) is 0 Å². The van der Waals surface area contributed by atoms with E-state index in [1.54, 1.807) is 23.7 Å². The fourth-order valence-corrected chi connectivity index (χ4v) is 4.59. The van der Waals surface area contributed by atoms with Crippen LogP contribution in [-0.2, 0) is 10.0 Å². The number of imidazole rings is 1. The van der Waals surface area contributed by atoms with Crippen LogP contribution in [0, 0.1) is 6.92 Å². The molecule has 0 amide bonds. The summed E-state index contributed by atoms with van der Waals surface area (Å²) in [6.07, 6.45) is 1.65. The fraction of sp³-hybridized carbons (Fsp3) is 0.154. The predicted molar refractivity (Wildman–Crippen MR) is 84.8 cm³/mol. The van der Waals surface area contributed by atoms with Gasteiger partial charge in [-0.15, -0.1) is 11.3 Å². The van der Waals surface area contributed by atoms with Gasteiger partial charge in [-0.2, -0.15) is 8.42 Å². The smallest absolute Gasteiger partial charge is 0.278 e. The van der Waals surface area contributed by atoms with Crippen LogP contribution < -0.4 is 4.31 Å². The molecule has 0 aliphatic carbocycles. The van der Waals surface area contributed by atoms with Crippen LogP contribution in [0.25, 0.3) is 4.96 Å². The van der Waals surface area contributed by atoms with Crippen molar-refractivity contribution in [1.29, 1.82) is 0 Å². The van der Waals surface area contributed by atoms with Gasteiger partial charge in [-0.3, -0.25) is 8.71 Å². The molecule has 0 spiro atoms. The van der Waals surface area contributed by atoms with E-state index in [9.17, 15) is 8.42 Å². The lowest BCUT2D eigenvalue weighted by atomic mass is 10.2. The van der Waals surface area contributed by atoms with E-state index in [-0.39, 0.29) is 10.2 Å². The van der Waals surface area contributed by atoms with Gasteiger partial charge in [0.05, 0.1) is 5.69 Å². The number of anilines is 1. The lowest BCUT2D eigenvalue weighted by Crippen LogP contribution is -2.27. The Hall–Kier alpha value is -1.57. The summed E-state index contributed by atoms with van der Waals surface area (Å²) in [6.45, 7) is 1.95. The Morgan fingerprint density at radius 2 is 1.95 bits per heavy atom. The highest BCUT2D eigenvalue weighted by Crippen LogP contribution is 2.29. The number of rotatable bonds is 3. The second kappa shape index (κ2) is 5.01. The number of aromatic nitrogens is 2. The lowest BCUT2D eigenvalue weighted by Gasteiger charge is -2.19. The van der Waals surface area contributed by atoms with Crippen molar-refractivity contribution in [2.75, 3.05) is 11.4 Å². The number of hydrogen-bond donors (Lipinski definition) is 0. The topological polar surface area (TPSA) is 54.7 Å². The van der Waals surface area contributed by atoms with Gasteiger partial charge in [0.2, 0.25) is 0 Å². The molecule has 0 N–H and O–H groups in total. The van der Waals surface area contributed by atoms with Crippen LogP contribution >= 0.6 is 22.9 Å². The van der Waals surface area contributed by atoms with Gasteiger partial charge in [0.15, 0.2) is 15.1 Å². The molecule has 0 bridgehead atoms. The van der Waals surface area contributed by atoms with Gasteiger partial charge in [-0.05, 0) is 19.1 Å². The molecule has 8 heteroatoms. The molecule has 0 aliphatic heterocycles. The zero-order valence-electron chi connectivity index (χ0n) is 11.3. The molecule has 2 aromatic heterocycles. The number of halogens is 1. The van der Waals surface area contributed by atoms with E-state index in [1.165, 1.54) is 27.1 Å². The average Bonchev–Trinajstić information content (AvgIpc) is 2.98. The Balaban J connectivity index is 2.13. The lowest BCUT2D eigenvalue weighted by molar-refractivity contribution is 0.590. The van der Waals surface area contributed by atoms with Crippen LogP contribution in [-0.4, -0.2) is 24.9 Å². The Morgan fingerprint density at radius 1 is 1.29 bits per heavy atom. The molecule has 0 aliphatic rings. The average molecular weight is 342 g/mol. The number of hydrogen-bond acceptors (Lipinski definition) is 4. The van der Waals surface area contributed by atoms with Gasteiger partial charge in [0, 0.05) is 18.6 Å². The van der Waals surface area contributed by atoms with Crippen molar-refractivity contribution in [2.45, 2.75) is 11.9 Å². The van der Waals surface area contributed by atoms with Crippen LogP contribution in [0.2, 0.25) is 5.15 Å². The third-order valence-corrected chi connectivity index (χ3v) is 6.12. The van der Waals surface area contributed by atoms with E-state index in [4.69, 9.17) is 11.6 Å². The van der Waals surface area contributed by atoms with Gasteiger partial charge in [-0.25, -0.2) is 4.98 Å². The first kappa shape index (κ1) is 14.4. The molecule has 3 rings (SSSR count). The van der Waals surface area contributed by atoms with E-state index in [1.807, 2.05) is 19.1 Å². The van der Waals surface area contributed by atoms with E-state index in [0.29, 0.717) is 10.6 Å². The van der Waals surface area contributed by atoms with E-state index >= 15 is 0 Å². The molecule has 2 heterocycles. The first-order valence-electron chi connectivity index (χ1n) is 6.08. The predicted octanol–water partition coefficient (Wildman–Crippen LogP) is 3.18. The third kappa shape index (κ3) is 2.31. The summed E-state index contributed by atoms with van der Waals surface area (Å²) in [5.41, 5.74) is 1.63. The minimum atomic E-state index is -3.78. The zero-order chi connectivity index (χ0) is 15.2. The van der Waals surface area contributed by atoms with Gasteiger partial charge < -0.3 is 0 Å². The maximum atomic E-state index is 12.8. The van der Waals surface area contributed by atoms with E-state index in [2.05, 4.69) is 4.98 Å². The molecular formula is C13H12ClN3O2S2. The summed E-state index contributed by atoms with van der Waals surface area (Å²) in [6, 6.07) is 7.23. The summed E-state index contributed by atoms with van der Waals surface area (Å²) in [4.78, 5) is 4.62. The number of nitrogens with zero attached hydrogens (tertiary/aromatic N) is 3. The van der Waals surface area contributed by atoms with Gasteiger partial charge >= 0.3 is 0 Å². The minimum Gasteiger partial charge on any atom is -0.278 e. The molecule has 21 heavy (non-hydrogen) atoms. The van der Waals surface area contributed by atoms with Gasteiger partial charge in [-0.1, -0.05) is 29.3 Å². The normalized spacial score (nSPS) is 12.0. The Labute approximate surface area is 131 Å². The number of thiazole rings is 1. The molecule has 0 saturated heterocycles. The third-order valence-electron chi connectivity index (χ3n) is 3.18. The van der Waals surface area contributed by atoms with Crippen molar-refractivity contribution in [3.63, 3.8) is 0 Å². The maximum Gasteiger partial charge on any atom is 0.283 e. The summed E-state index contributed by atoms with van der Waals surface area (Å²) < 4.78 is 28.3. The molecule has 3 aromatic rings. The number of fused-ring (bicyclic) bond motifs is 1. The molecule has 0 radical (unpaired) electrons. The molecule has 1 aromatic carbocycles. The largest absolute Gasteiger partial charge is 0.283 e. The Morgan fingerprint density at radius 3 is 2.62 bits per heavy atom. The molecule has 0 fully saturated rings. The van der Waals surface area contributed by atoms with Crippen LogP contribution in [0.5, 0.6) is 0 Å². The highest BCUT2D eigenvalue weighted by molar-refractivity contribution is 7.92. The fourth-order valence-electron chi connectivity index (χ4n) is 1.99. The molecular weight excluding hydrogens is 330 g/mol. The summed E-state index contributed by atoms with van der Waals surface area (Å²) >= 11 is 7.35. The number of benzene rings is 1. The van der Waals surface area contributed by atoms with Crippen molar-refractivity contribution >= 4 is 43.6 Å². The monoisotopic (exact) mass is 341 g/mol. The Kier molecular flexibility index (Phi) is 3.43. The number of sulfonamides is 1. The first-order valence-corrected chi connectivity index (χ1v) is 8.77. The molecule has 0 unspecified atom stereocenters. The van der Waals surface area contributed by atoms with Crippen molar-refractivity contribution < 1.29 is 8.42 Å². The quantitative estimate of drug-likeness (QED) is 0.735. The second-order valence-corrected chi connectivity index (χ2v) is 7.69. The molecule has 5 nitrogen and oxygen atoms in total. The highest BCUT2D eigenvalue weighted by atomic mass is 35.5. The minimum absolute atomic E-state index is 0.0107. The van der Waals surface area contributed by atoms with Crippen molar-refractivity contribution in [3.05, 3.63) is 46.6 Å². The van der Waals surface area contributed by atoms with Crippen LogP contribution in [0.1, 0.15) is 5.56 Å². The van der Waals surface area contributed by atoms with Crippen molar-refractivity contribution in [3.8, 4) is 0 Å². The maximum absolute atomic E-state index is 12.8. The molecule has 110 valence electrons. The highest BCUT2D eigenvalue weighted by Gasteiger charge is 2.29. The molecule has 0 atom stereocenters.